The summed E-state index contributed by atoms with van der Waals surface area (Å²) in [7, 11) is -2.76. The minimum absolute atomic E-state index is 0.0319. The number of benzene rings is 3. The summed E-state index contributed by atoms with van der Waals surface area (Å²) in [5, 5.41) is 2.76. The van der Waals surface area contributed by atoms with Gasteiger partial charge in [0.2, 0.25) is 0 Å². The average Bonchev–Trinajstić information content (AvgIpc) is 3.14. The Morgan fingerprint density at radius 2 is 1.28 bits per heavy atom. The molecule has 1 heterocycles. The first-order chi connectivity index (χ1) is 25.4. The molecule has 15 nitrogen and oxygen atoms in total. The molecule has 1 saturated heterocycles. The number of carbonyl (C=O) groups is 4. The molecule has 0 amide bonds. The smallest absolute Gasteiger partial charge is 0.347 e. The number of rotatable bonds is 17. The molecule has 16 heteroatoms. The minimum Gasteiger partial charge on any atom is -0.497 e. The van der Waals surface area contributed by atoms with Gasteiger partial charge in [0.25, 0.3) is 10.1 Å². The Labute approximate surface area is 307 Å². The van der Waals surface area contributed by atoms with Crippen LogP contribution >= 0.6 is 0 Å². The van der Waals surface area contributed by atoms with Crippen molar-refractivity contribution in [1.82, 2.24) is 5.32 Å². The Hall–Kier alpha value is -5.29. The maximum atomic E-state index is 13.6. The van der Waals surface area contributed by atoms with Crippen molar-refractivity contribution in [3.63, 3.8) is 0 Å². The van der Waals surface area contributed by atoms with Gasteiger partial charge in [-0.15, -0.1) is 0 Å². The minimum atomic E-state index is -4.29. The van der Waals surface area contributed by atoms with Gasteiger partial charge in [-0.05, 0) is 55.8 Å². The molecule has 0 aromatic heterocycles. The number of carbonyl (C=O) groups excluding carboxylic acids is 4. The van der Waals surface area contributed by atoms with Crippen molar-refractivity contribution in [3.05, 3.63) is 113 Å². The molecule has 284 valence electrons. The molecular weight excluding hydrogens is 714 g/mol. The van der Waals surface area contributed by atoms with Gasteiger partial charge >= 0.3 is 23.9 Å². The molecule has 5 atom stereocenters. The second kappa shape index (κ2) is 19.5. The molecule has 1 aliphatic rings. The summed E-state index contributed by atoms with van der Waals surface area (Å²) in [5.41, 5.74) is 0.355. The van der Waals surface area contributed by atoms with Crippen molar-refractivity contribution in [2.45, 2.75) is 51.1 Å². The summed E-state index contributed by atoms with van der Waals surface area (Å²) in [6, 6.07) is 22.6. The fraction of sp³-hybridized carbons (Fsp3) is 0.351. The number of hydrogen-bond acceptors (Lipinski definition) is 15. The van der Waals surface area contributed by atoms with E-state index in [0.29, 0.717) is 5.75 Å². The quantitative estimate of drug-likeness (QED) is 0.0527. The predicted octanol–water partition coefficient (Wildman–Crippen LogP) is 3.33. The van der Waals surface area contributed by atoms with E-state index in [1.807, 2.05) is 0 Å². The highest BCUT2D eigenvalue weighted by Gasteiger charge is 2.52. The van der Waals surface area contributed by atoms with Crippen LogP contribution in [0, 0.1) is 0 Å². The molecule has 3 aromatic rings. The lowest BCUT2D eigenvalue weighted by atomic mass is 9.97. The molecule has 0 saturated carbocycles. The molecule has 1 aliphatic heterocycles. The van der Waals surface area contributed by atoms with Crippen molar-refractivity contribution >= 4 is 34.0 Å². The molecule has 53 heavy (non-hydrogen) atoms. The molecule has 0 aliphatic carbocycles. The first kappa shape index (κ1) is 40.5. The lowest BCUT2D eigenvalue weighted by Crippen LogP contribution is -2.65. The zero-order valence-electron chi connectivity index (χ0n) is 29.5. The van der Waals surface area contributed by atoms with Gasteiger partial charge in [-0.3, -0.25) is 4.18 Å². The third-order valence-electron chi connectivity index (χ3n) is 7.52. The van der Waals surface area contributed by atoms with E-state index in [1.54, 1.807) is 74.5 Å². The van der Waals surface area contributed by atoms with E-state index >= 15 is 0 Å². The Morgan fingerprint density at radius 3 is 1.77 bits per heavy atom. The SMILES string of the molecule is CCOC(=O)C(=CN[C@@H]1O[C@H](COCc2ccc(OC)cc2)[C@@H](OS(C)(=O)=O)[C@H](OC(=O)c2ccccc2)[C@H]1OC(=O)c1ccccc1)C(=O)OCC. The maximum absolute atomic E-state index is 13.6. The summed E-state index contributed by atoms with van der Waals surface area (Å²) >= 11 is 0. The third kappa shape index (κ3) is 11.9. The normalized spacial score (nSPS) is 19.6. The van der Waals surface area contributed by atoms with Gasteiger partial charge in [0.05, 0.1) is 50.9 Å². The molecule has 4 rings (SSSR count). The van der Waals surface area contributed by atoms with E-state index < -0.39 is 70.2 Å². The van der Waals surface area contributed by atoms with Crippen LogP contribution in [0.15, 0.2) is 96.7 Å². The topological polar surface area (TPSA) is 188 Å². The van der Waals surface area contributed by atoms with E-state index in [9.17, 15) is 27.6 Å². The first-order valence-corrected chi connectivity index (χ1v) is 18.3. The molecular formula is C37H41NO14S. The average molecular weight is 756 g/mol. The largest absolute Gasteiger partial charge is 0.497 e. The van der Waals surface area contributed by atoms with Crippen LogP contribution in [0.1, 0.15) is 40.1 Å². The molecule has 0 bridgehead atoms. The van der Waals surface area contributed by atoms with Crippen LogP contribution in [0.3, 0.4) is 0 Å². The fourth-order valence-corrected chi connectivity index (χ4v) is 5.73. The first-order valence-electron chi connectivity index (χ1n) is 16.5. The molecule has 0 radical (unpaired) electrons. The number of esters is 4. The van der Waals surface area contributed by atoms with Crippen molar-refractivity contribution in [1.29, 1.82) is 0 Å². The fourth-order valence-electron chi connectivity index (χ4n) is 5.09. The van der Waals surface area contributed by atoms with Gasteiger partial charge < -0.3 is 38.5 Å². The van der Waals surface area contributed by atoms with Crippen LogP contribution in [0.4, 0.5) is 0 Å². The Morgan fingerprint density at radius 1 is 0.755 bits per heavy atom. The monoisotopic (exact) mass is 755 g/mol. The van der Waals surface area contributed by atoms with E-state index in [1.165, 1.54) is 31.4 Å². The summed E-state index contributed by atoms with van der Waals surface area (Å²) in [5.74, 6) is -3.25. The standard InChI is InChI=1S/C37H41NO14S/c1-5-47-36(41)28(37(42)48-6-2)21-38-33-32(51-35(40)26-15-11-8-12-16-26)31(50-34(39)25-13-9-7-10-14-25)30(52-53(4,43)44)29(49-33)23-46-22-24-17-19-27(45-3)20-18-24/h7-21,29-33,38H,5-6,22-23H2,1-4H3/t29-,30-,31+,32-,33-/m1/s1. The summed E-state index contributed by atoms with van der Waals surface area (Å²) in [6.07, 6.45) is -6.10. The van der Waals surface area contributed by atoms with Gasteiger partial charge in [0, 0.05) is 6.20 Å². The zero-order chi connectivity index (χ0) is 38.4. The summed E-state index contributed by atoms with van der Waals surface area (Å²) in [4.78, 5) is 52.7. The van der Waals surface area contributed by atoms with Crippen LogP contribution in [-0.4, -0.2) is 96.1 Å². The highest BCUT2D eigenvalue weighted by Crippen LogP contribution is 2.31. The second-order valence-electron chi connectivity index (χ2n) is 11.4. The van der Waals surface area contributed by atoms with E-state index in [2.05, 4.69) is 5.32 Å². The van der Waals surface area contributed by atoms with E-state index in [0.717, 1.165) is 18.0 Å². The highest BCUT2D eigenvalue weighted by molar-refractivity contribution is 7.86. The van der Waals surface area contributed by atoms with Crippen LogP contribution in [0.25, 0.3) is 0 Å². The van der Waals surface area contributed by atoms with Gasteiger partial charge in [-0.1, -0.05) is 48.5 Å². The molecule has 3 aromatic carbocycles. The van der Waals surface area contributed by atoms with Crippen LogP contribution in [-0.2, 0) is 58.9 Å². The molecule has 1 N–H and O–H groups in total. The molecule has 1 fully saturated rings. The lowest BCUT2D eigenvalue weighted by Gasteiger charge is -2.44. The number of hydrogen-bond donors (Lipinski definition) is 1. The second-order valence-corrected chi connectivity index (χ2v) is 13.0. The van der Waals surface area contributed by atoms with Gasteiger partial charge in [0.1, 0.15) is 18.0 Å². The van der Waals surface area contributed by atoms with Crippen molar-refractivity contribution in [2.24, 2.45) is 0 Å². The lowest BCUT2D eigenvalue weighted by molar-refractivity contribution is -0.230. The summed E-state index contributed by atoms with van der Waals surface area (Å²) < 4.78 is 70.2. The van der Waals surface area contributed by atoms with Crippen molar-refractivity contribution in [2.75, 3.05) is 33.2 Å². The van der Waals surface area contributed by atoms with Crippen molar-refractivity contribution in [3.8, 4) is 5.75 Å². The third-order valence-corrected chi connectivity index (χ3v) is 8.09. The van der Waals surface area contributed by atoms with Crippen LogP contribution in [0.2, 0.25) is 0 Å². The molecule has 0 spiro atoms. The molecule has 0 unspecified atom stereocenters. The Kier molecular flexibility index (Phi) is 14.9. The van der Waals surface area contributed by atoms with Gasteiger partial charge in [-0.2, -0.15) is 8.42 Å². The summed E-state index contributed by atoms with van der Waals surface area (Å²) in [6.45, 7) is 2.65. The predicted molar refractivity (Wildman–Crippen MR) is 187 cm³/mol. The zero-order valence-corrected chi connectivity index (χ0v) is 30.3. The Balaban J connectivity index is 1.79. The Bertz CT molecular complexity index is 1800. The number of ether oxygens (including phenoxy) is 7. The number of methoxy groups -OCH3 is 1. The van der Waals surface area contributed by atoms with Gasteiger partial charge in [0.15, 0.2) is 24.0 Å². The van der Waals surface area contributed by atoms with Crippen molar-refractivity contribution < 1.29 is 64.9 Å². The van der Waals surface area contributed by atoms with E-state index in [-0.39, 0.29) is 37.6 Å². The maximum Gasteiger partial charge on any atom is 0.347 e. The van der Waals surface area contributed by atoms with Gasteiger partial charge in [-0.25, -0.2) is 19.2 Å². The number of nitrogens with one attached hydrogen (secondary N) is 1. The van der Waals surface area contributed by atoms with Crippen LogP contribution in [0.5, 0.6) is 5.75 Å². The van der Waals surface area contributed by atoms with Crippen LogP contribution < -0.4 is 10.1 Å². The van der Waals surface area contributed by atoms with E-state index in [4.69, 9.17) is 37.3 Å². The highest BCUT2D eigenvalue weighted by atomic mass is 32.2.